The van der Waals surface area contributed by atoms with Gasteiger partial charge in [-0.05, 0) is 43.2 Å². The molecule has 0 bridgehead atoms. The molecule has 0 aliphatic carbocycles. The van der Waals surface area contributed by atoms with Gasteiger partial charge in [-0.25, -0.2) is 0 Å². The summed E-state index contributed by atoms with van der Waals surface area (Å²) in [4.78, 5) is 17.1. The van der Waals surface area contributed by atoms with E-state index >= 15 is 0 Å². The zero-order valence-corrected chi connectivity index (χ0v) is 16.2. The van der Waals surface area contributed by atoms with Crippen LogP contribution in [0.4, 0.5) is 0 Å². The minimum absolute atomic E-state index is 0.0603. The van der Waals surface area contributed by atoms with Crippen molar-refractivity contribution in [2.75, 3.05) is 6.61 Å². The maximum absolute atomic E-state index is 11.8. The number of nitrogens with one attached hydrogen (secondary N) is 1. The molecule has 0 fully saturated rings. The summed E-state index contributed by atoms with van der Waals surface area (Å²) in [5, 5.41) is 11.5. The lowest BCUT2D eigenvalue weighted by molar-refractivity contribution is -0.142. The lowest BCUT2D eigenvalue weighted by atomic mass is 10.1. The molecule has 0 saturated carbocycles. The molecule has 1 heterocycles. The summed E-state index contributed by atoms with van der Waals surface area (Å²) in [6.45, 7) is 4.11. The molecule has 0 spiro atoms. The van der Waals surface area contributed by atoms with Crippen LogP contribution in [-0.4, -0.2) is 22.7 Å². The second-order valence-electron chi connectivity index (χ2n) is 5.95. The molecule has 2 aromatic carbocycles. The Morgan fingerprint density at radius 3 is 2.81 bits per heavy atom. The fourth-order valence-electron chi connectivity index (χ4n) is 2.83. The van der Waals surface area contributed by atoms with Crippen molar-refractivity contribution >= 4 is 40.2 Å². The highest BCUT2D eigenvalue weighted by molar-refractivity contribution is 7.99. The Kier molecular flexibility index (Phi) is 5.91. The van der Waals surface area contributed by atoms with Crippen molar-refractivity contribution in [3.8, 4) is 0 Å². The number of carbonyl (C=O) groups is 1. The van der Waals surface area contributed by atoms with Crippen LogP contribution in [0.15, 0.2) is 46.2 Å². The summed E-state index contributed by atoms with van der Waals surface area (Å²) in [6.07, 6.45) is 0.218. The van der Waals surface area contributed by atoms with Gasteiger partial charge in [0.1, 0.15) is 0 Å². The number of benzene rings is 2. The molecule has 3 aromatic rings. The number of aliphatic hydroxyl groups is 1. The Hall–Kier alpha value is -1.95. The van der Waals surface area contributed by atoms with Crippen LogP contribution in [0.1, 0.15) is 23.7 Å². The van der Waals surface area contributed by atoms with E-state index in [1.807, 2.05) is 43.3 Å². The Morgan fingerprint density at radius 2 is 2.08 bits per heavy atom. The Bertz CT molecular complexity index is 952. The normalized spacial score (nSPS) is 11.1. The van der Waals surface area contributed by atoms with Crippen LogP contribution in [0.2, 0.25) is 5.02 Å². The summed E-state index contributed by atoms with van der Waals surface area (Å²) in [7, 11) is 0. The zero-order valence-electron chi connectivity index (χ0n) is 14.6. The van der Waals surface area contributed by atoms with E-state index in [9.17, 15) is 9.90 Å². The van der Waals surface area contributed by atoms with E-state index in [0.29, 0.717) is 11.6 Å². The fraction of sp³-hybridized carbons (Fsp3) is 0.250. The van der Waals surface area contributed by atoms with Gasteiger partial charge in [-0.2, -0.15) is 0 Å². The number of aliphatic hydroxyl groups excluding tert-OH is 1. The SMILES string of the molecule is CCOC(=O)Cc1ccc(CO)c(Sc2c(C)[nH]c3cc(Cl)ccc23)c1. The van der Waals surface area contributed by atoms with Crippen molar-refractivity contribution in [1.82, 2.24) is 4.98 Å². The number of fused-ring (bicyclic) bond motifs is 1. The van der Waals surface area contributed by atoms with E-state index in [-0.39, 0.29) is 19.0 Å². The monoisotopic (exact) mass is 389 g/mol. The molecule has 1 aromatic heterocycles. The summed E-state index contributed by atoms with van der Waals surface area (Å²) >= 11 is 7.65. The van der Waals surface area contributed by atoms with E-state index in [4.69, 9.17) is 16.3 Å². The van der Waals surface area contributed by atoms with Gasteiger partial charge < -0.3 is 14.8 Å². The number of rotatable bonds is 6. The van der Waals surface area contributed by atoms with Crippen LogP contribution < -0.4 is 0 Å². The van der Waals surface area contributed by atoms with Gasteiger partial charge in [0, 0.05) is 31.4 Å². The summed E-state index contributed by atoms with van der Waals surface area (Å²) < 4.78 is 5.02. The van der Waals surface area contributed by atoms with Gasteiger partial charge in [0.05, 0.1) is 19.6 Å². The first kappa shape index (κ1) is 18.8. The first-order chi connectivity index (χ1) is 12.5. The maximum Gasteiger partial charge on any atom is 0.310 e. The van der Waals surface area contributed by atoms with E-state index in [1.54, 1.807) is 18.7 Å². The molecular weight excluding hydrogens is 370 g/mol. The maximum atomic E-state index is 11.8. The van der Waals surface area contributed by atoms with E-state index in [0.717, 1.165) is 37.5 Å². The second-order valence-corrected chi connectivity index (χ2v) is 7.44. The molecule has 6 heteroatoms. The molecule has 26 heavy (non-hydrogen) atoms. The summed E-state index contributed by atoms with van der Waals surface area (Å²) in [6, 6.07) is 11.4. The molecule has 0 amide bonds. The molecule has 0 radical (unpaired) electrons. The molecule has 3 rings (SSSR count). The summed E-state index contributed by atoms with van der Waals surface area (Å²) in [5.41, 5.74) is 3.70. The van der Waals surface area contributed by atoms with Gasteiger partial charge >= 0.3 is 5.97 Å². The number of carbonyl (C=O) groups excluding carboxylic acids is 1. The minimum Gasteiger partial charge on any atom is -0.466 e. The zero-order chi connectivity index (χ0) is 18.7. The highest BCUT2D eigenvalue weighted by Crippen LogP contribution is 2.39. The molecule has 2 N–H and O–H groups in total. The lowest BCUT2D eigenvalue weighted by Crippen LogP contribution is -2.07. The van der Waals surface area contributed by atoms with Crippen LogP contribution in [0.5, 0.6) is 0 Å². The summed E-state index contributed by atoms with van der Waals surface area (Å²) in [5.74, 6) is -0.252. The topological polar surface area (TPSA) is 62.3 Å². The van der Waals surface area contributed by atoms with Crippen LogP contribution in [0.25, 0.3) is 10.9 Å². The van der Waals surface area contributed by atoms with Gasteiger partial charge in [0.2, 0.25) is 0 Å². The van der Waals surface area contributed by atoms with Crippen LogP contribution in [-0.2, 0) is 22.6 Å². The molecule has 4 nitrogen and oxygen atoms in total. The highest BCUT2D eigenvalue weighted by atomic mass is 35.5. The molecule has 0 aliphatic heterocycles. The third-order valence-corrected chi connectivity index (χ3v) is 5.62. The van der Waals surface area contributed by atoms with Crippen LogP contribution in [0.3, 0.4) is 0 Å². The molecule has 0 atom stereocenters. The van der Waals surface area contributed by atoms with Crippen molar-refractivity contribution in [3.05, 3.63) is 58.2 Å². The van der Waals surface area contributed by atoms with Crippen molar-refractivity contribution in [1.29, 1.82) is 0 Å². The predicted molar refractivity (Wildman–Crippen MR) is 105 cm³/mol. The largest absolute Gasteiger partial charge is 0.466 e. The molecule has 0 aliphatic rings. The quantitative estimate of drug-likeness (QED) is 0.590. The third kappa shape index (κ3) is 4.06. The Morgan fingerprint density at radius 1 is 1.27 bits per heavy atom. The van der Waals surface area contributed by atoms with Gasteiger partial charge in [-0.15, -0.1) is 0 Å². The van der Waals surface area contributed by atoms with Crippen molar-refractivity contribution in [2.45, 2.75) is 36.7 Å². The van der Waals surface area contributed by atoms with E-state index < -0.39 is 0 Å². The molecule has 136 valence electrons. The molecular formula is C20H20ClNO3S. The van der Waals surface area contributed by atoms with Gasteiger partial charge in [-0.1, -0.05) is 41.6 Å². The van der Waals surface area contributed by atoms with Crippen molar-refractivity contribution < 1.29 is 14.6 Å². The number of aryl methyl sites for hydroxylation is 1. The standard InChI is InChI=1S/C20H20ClNO3S/c1-3-25-19(24)9-13-4-5-14(11-23)18(8-13)26-20-12(2)22-17-10-15(21)6-7-16(17)20/h4-8,10,22-23H,3,9,11H2,1-2H3. The number of esters is 1. The number of hydrogen-bond donors (Lipinski definition) is 2. The number of halogens is 1. The first-order valence-corrected chi connectivity index (χ1v) is 9.55. The van der Waals surface area contributed by atoms with E-state index in [1.165, 1.54) is 0 Å². The Labute approximate surface area is 161 Å². The average molecular weight is 390 g/mol. The number of ether oxygens (including phenoxy) is 1. The first-order valence-electron chi connectivity index (χ1n) is 8.35. The smallest absolute Gasteiger partial charge is 0.310 e. The highest BCUT2D eigenvalue weighted by Gasteiger charge is 2.14. The third-order valence-electron chi connectivity index (χ3n) is 4.06. The minimum atomic E-state index is -0.252. The van der Waals surface area contributed by atoms with Gasteiger partial charge in [-0.3, -0.25) is 4.79 Å². The van der Waals surface area contributed by atoms with E-state index in [2.05, 4.69) is 4.98 Å². The van der Waals surface area contributed by atoms with Crippen molar-refractivity contribution in [2.24, 2.45) is 0 Å². The number of H-pyrrole nitrogens is 1. The van der Waals surface area contributed by atoms with Crippen LogP contribution >= 0.6 is 23.4 Å². The van der Waals surface area contributed by atoms with Gasteiger partial charge in [0.25, 0.3) is 0 Å². The van der Waals surface area contributed by atoms with Crippen molar-refractivity contribution in [3.63, 3.8) is 0 Å². The lowest BCUT2D eigenvalue weighted by Gasteiger charge is -2.10. The number of aromatic amines is 1. The average Bonchev–Trinajstić information content (AvgIpc) is 2.90. The fourth-order valence-corrected chi connectivity index (χ4v) is 4.19. The number of aromatic nitrogens is 1. The molecule has 0 saturated heterocycles. The van der Waals surface area contributed by atoms with Crippen LogP contribution in [0, 0.1) is 6.92 Å². The molecule has 0 unspecified atom stereocenters. The number of hydrogen-bond acceptors (Lipinski definition) is 4. The van der Waals surface area contributed by atoms with Gasteiger partial charge in [0.15, 0.2) is 0 Å². The predicted octanol–water partition coefficient (Wildman–Crippen LogP) is 4.88. The Balaban J connectivity index is 1.96. The second kappa shape index (κ2) is 8.16.